The van der Waals surface area contributed by atoms with Gasteiger partial charge in [0.1, 0.15) is 6.17 Å². The lowest BCUT2D eigenvalue weighted by molar-refractivity contribution is 0.493. The molecule has 1 aromatic carbocycles. The van der Waals surface area contributed by atoms with Gasteiger partial charge in [-0.2, -0.15) is 0 Å². The first-order chi connectivity index (χ1) is 11.2. The molecule has 2 aliphatic heterocycles. The van der Waals surface area contributed by atoms with Crippen molar-refractivity contribution in [3.8, 4) is 0 Å². The third-order valence-corrected chi connectivity index (χ3v) is 4.14. The molecule has 3 rings (SSSR count). The number of rotatable bonds is 5. The molecule has 120 valence electrons. The summed E-state index contributed by atoms with van der Waals surface area (Å²) in [4.78, 5) is 6.86. The van der Waals surface area contributed by atoms with Gasteiger partial charge >= 0.3 is 0 Å². The second kappa shape index (κ2) is 6.86. The van der Waals surface area contributed by atoms with E-state index in [1.54, 1.807) is 0 Å². The molecule has 3 nitrogen and oxygen atoms in total. The number of nitrogens with one attached hydrogen (secondary N) is 1. The van der Waals surface area contributed by atoms with Gasteiger partial charge in [-0.25, -0.2) is 0 Å². The zero-order valence-corrected chi connectivity index (χ0v) is 14.2. The van der Waals surface area contributed by atoms with E-state index < -0.39 is 0 Å². The normalized spacial score (nSPS) is 19.8. The molecule has 1 N–H and O–H groups in total. The van der Waals surface area contributed by atoms with Crippen molar-refractivity contribution in [1.29, 1.82) is 0 Å². The molecule has 0 saturated carbocycles. The Kier molecular flexibility index (Phi) is 4.65. The Morgan fingerprint density at radius 3 is 2.74 bits per heavy atom. The van der Waals surface area contributed by atoms with Crippen molar-refractivity contribution in [3.05, 3.63) is 71.7 Å². The van der Waals surface area contributed by atoms with E-state index >= 15 is 0 Å². The Balaban J connectivity index is 1.66. The van der Waals surface area contributed by atoms with Crippen LogP contribution in [0.4, 0.5) is 0 Å². The van der Waals surface area contributed by atoms with Gasteiger partial charge < -0.3 is 10.2 Å². The van der Waals surface area contributed by atoms with Crippen LogP contribution in [0.3, 0.4) is 0 Å². The first kappa shape index (κ1) is 15.6. The molecule has 0 bridgehead atoms. The summed E-state index contributed by atoms with van der Waals surface area (Å²) in [6, 6.07) is 8.90. The molecule has 0 amide bonds. The quantitative estimate of drug-likeness (QED) is 0.821. The first-order valence-electron chi connectivity index (χ1n) is 8.41. The van der Waals surface area contributed by atoms with Crippen LogP contribution in [0.15, 0.2) is 65.6 Å². The van der Waals surface area contributed by atoms with E-state index in [9.17, 15) is 0 Å². The van der Waals surface area contributed by atoms with E-state index in [1.807, 2.05) is 0 Å². The van der Waals surface area contributed by atoms with Crippen molar-refractivity contribution in [1.82, 2.24) is 10.2 Å². The Hall–Kier alpha value is -2.29. The minimum absolute atomic E-state index is 0.0751. The fraction of sp³-hybridized carbons (Fsp3) is 0.350. The van der Waals surface area contributed by atoms with E-state index in [-0.39, 0.29) is 6.17 Å². The topological polar surface area (TPSA) is 27.6 Å². The Morgan fingerprint density at radius 2 is 2.04 bits per heavy atom. The number of hydrogen-bond donors (Lipinski definition) is 1. The van der Waals surface area contributed by atoms with Gasteiger partial charge in [0.25, 0.3) is 0 Å². The summed E-state index contributed by atoms with van der Waals surface area (Å²) in [5.74, 6) is 0.579. The molecule has 1 aromatic rings. The van der Waals surface area contributed by atoms with Crippen molar-refractivity contribution in [2.45, 2.75) is 45.8 Å². The number of benzene rings is 1. The van der Waals surface area contributed by atoms with Gasteiger partial charge in [-0.15, -0.1) is 0 Å². The van der Waals surface area contributed by atoms with Crippen molar-refractivity contribution in [3.63, 3.8) is 0 Å². The van der Waals surface area contributed by atoms with Crippen molar-refractivity contribution < 1.29 is 0 Å². The predicted molar refractivity (Wildman–Crippen MR) is 97.1 cm³/mol. The van der Waals surface area contributed by atoms with E-state index in [1.165, 1.54) is 11.1 Å². The standard InChI is InChI=1S/C20H25N3/c1-4-5-6-20-21-18-11-12-23(14-19(18)22-20)13-16-7-9-17(10-8-16)15(2)3/h5-12,14-15,20,22H,4,13H2,1-3H3/b6-5+. The van der Waals surface area contributed by atoms with Gasteiger partial charge in [-0.05, 0) is 35.6 Å². The number of fused-ring (bicyclic) bond motifs is 1. The zero-order chi connectivity index (χ0) is 16.2. The third-order valence-electron chi connectivity index (χ3n) is 4.14. The number of hydrogen-bond acceptors (Lipinski definition) is 3. The minimum Gasteiger partial charge on any atom is -0.358 e. The van der Waals surface area contributed by atoms with Crippen LogP contribution < -0.4 is 5.32 Å². The highest BCUT2D eigenvalue weighted by atomic mass is 15.2. The van der Waals surface area contributed by atoms with Crippen LogP contribution >= 0.6 is 0 Å². The van der Waals surface area contributed by atoms with Crippen LogP contribution in [-0.2, 0) is 6.54 Å². The summed E-state index contributed by atoms with van der Waals surface area (Å²) in [5.41, 5.74) is 4.86. The van der Waals surface area contributed by atoms with Crippen molar-refractivity contribution >= 4 is 5.71 Å². The van der Waals surface area contributed by atoms with E-state index in [0.29, 0.717) is 5.92 Å². The van der Waals surface area contributed by atoms with E-state index in [0.717, 1.165) is 24.4 Å². The number of aliphatic imine (C=N–C) groups is 1. The molecule has 2 heterocycles. The van der Waals surface area contributed by atoms with Gasteiger partial charge in [0.05, 0.1) is 11.4 Å². The van der Waals surface area contributed by atoms with Gasteiger partial charge in [-0.3, -0.25) is 4.99 Å². The molecule has 0 spiro atoms. The lowest BCUT2D eigenvalue weighted by atomic mass is 10.0. The molecular weight excluding hydrogens is 282 g/mol. The lowest BCUT2D eigenvalue weighted by Gasteiger charge is -2.21. The van der Waals surface area contributed by atoms with Crippen molar-refractivity contribution in [2.75, 3.05) is 0 Å². The summed E-state index contributed by atoms with van der Waals surface area (Å²) in [6.07, 6.45) is 11.7. The maximum atomic E-state index is 4.66. The largest absolute Gasteiger partial charge is 0.358 e. The second-order valence-electron chi connectivity index (χ2n) is 6.37. The summed E-state index contributed by atoms with van der Waals surface area (Å²) < 4.78 is 0. The summed E-state index contributed by atoms with van der Waals surface area (Å²) in [7, 11) is 0. The SMILES string of the molecule is CC/C=C/C1N=C2C=CN(Cc3ccc(C(C)C)cc3)C=C2N1. The monoisotopic (exact) mass is 307 g/mol. The molecule has 2 aliphatic rings. The van der Waals surface area contributed by atoms with Crippen LogP contribution in [-0.4, -0.2) is 16.8 Å². The molecule has 0 saturated heterocycles. The average molecular weight is 307 g/mol. The number of allylic oxidation sites excluding steroid dienone is 2. The molecule has 3 heteroatoms. The third kappa shape index (κ3) is 3.73. The fourth-order valence-corrected chi connectivity index (χ4v) is 2.77. The smallest absolute Gasteiger partial charge is 0.138 e. The van der Waals surface area contributed by atoms with Crippen LogP contribution in [0.1, 0.15) is 44.2 Å². The van der Waals surface area contributed by atoms with Crippen LogP contribution in [0.25, 0.3) is 0 Å². The first-order valence-corrected chi connectivity index (χ1v) is 8.41. The summed E-state index contributed by atoms with van der Waals surface area (Å²) in [5, 5.41) is 3.45. The van der Waals surface area contributed by atoms with Gasteiger partial charge in [-0.1, -0.05) is 51.1 Å². The zero-order valence-electron chi connectivity index (χ0n) is 14.2. The highest BCUT2D eigenvalue weighted by molar-refractivity contribution is 6.10. The molecule has 1 atom stereocenters. The summed E-state index contributed by atoms with van der Waals surface area (Å²) >= 11 is 0. The van der Waals surface area contributed by atoms with Crippen LogP contribution in [0, 0.1) is 0 Å². The van der Waals surface area contributed by atoms with E-state index in [2.05, 4.69) is 90.9 Å². The fourth-order valence-electron chi connectivity index (χ4n) is 2.77. The minimum atomic E-state index is 0.0751. The molecule has 0 radical (unpaired) electrons. The Morgan fingerprint density at radius 1 is 1.26 bits per heavy atom. The molecule has 1 unspecified atom stereocenters. The predicted octanol–water partition coefficient (Wildman–Crippen LogP) is 4.32. The highest BCUT2D eigenvalue weighted by Gasteiger charge is 2.20. The second-order valence-corrected chi connectivity index (χ2v) is 6.37. The van der Waals surface area contributed by atoms with Crippen LogP contribution in [0.2, 0.25) is 0 Å². The lowest BCUT2D eigenvalue weighted by Crippen LogP contribution is -2.24. The molecular formula is C20H25N3. The maximum Gasteiger partial charge on any atom is 0.138 e. The van der Waals surface area contributed by atoms with E-state index in [4.69, 9.17) is 0 Å². The Bertz CT molecular complexity index is 663. The Labute approximate surface area is 139 Å². The molecule has 0 aliphatic carbocycles. The van der Waals surface area contributed by atoms with Gasteiger partial charge in [0.15, 0.2) is 0 Å². The van der Waals surface area contributed by atoms with Gasteiger partial charge in [0.2, 0.25) is 0 Å². The maximum absolute atomic E-state index is 4.66. The molecule has 0 fully saturated rings. The molecule has 23 heavy (non-hydrogen) atoms. The molecule has 0 aromatic heterocycles. The van der Waals surface area contributed by atoms with Gasteiger partial charge in [0, 0.05) is 18.9 Å². The highest BCUT2D eigenvalue weighted by Crippen LogP contribution is 2.19. The number of nitrogens with zero attached hydrogens (tertiary/aromatic N) is 2. The van der Waals surface area contributed by atoms with Crippen molar-refractivity contribution in [2.24, 2.45) is 4.99 Å². The average Bonchev–Trinajstić information content (AvgIpc) is 2.95. The van der Waals surface area contributed by atoms with Crippen LogP contribution in [0.5, 0.6) is 0 Å². The summed E-state index contributed by atoms with van der Waals surface area (Å²) in [6.45, 7) is 7.46.